The molecule has 0 spiro atoms. The van der Waals surface area contributed by atoms with Crippen molar-refractivity contribution in [1.82, 2.24) is 20.2 Å². The normalized spacial score (nSPS) is 23.6. The van der Waals surface area contributed by atoms with Crippen molar-refractivity contribution in [2.24, 2.45) is 22.7 Å². The third-order valence-electron chi connectivity index (χ3n) is 7.65. The number of fused-ring (bicyclic) bond motifs is 2. The standard InChI is InChI=1S/C24H23ClFN7O2S/c25-18-9-13(36(28,34)35)5-6-14(18)21-22-23(32-31-21)30-20(10-29-22)33-8-7-15-17(11-33)24(15,12-27)16-3-1-2-4-19(16)26/h1-6,9-10,15,17H,7-8,11-12,27H2,(H2,28,34,35)(H,30,31,32)/t15-,17+,24-/m1/s1. The average Bonchev–Trinajstić information content (AvgIpc) is 3.32. The molecule has 0 unspecified atom stereocenters. The van der Waals surface area contributed by atoms with E-state index in [-0.39, 0.29) is 27.1 Å². The Labute approximate surface area is 211 Å². The number of nitrogens with one attached hydrogen (secondary N) is 1. The number of benzene rings is 2. The maximum absolute atomic E-state index is 14.6. The molecule has 2 aromatic carbocycles. The van der Waals surface area contributed by atoms with Gasteiger partial charge >= 0.3 is 0 Å². The number of nitrogens with zero attached hydrogens (tertiary/aromatic N) is 4. The highest BCUT2D eigenvalue weighted by atomic mass is 35.5. The summed E-state index contributed by atoms with van der Waals surface area (Å²) in [5, 5.41) is 12.6. The van der Waals surface area contributed by atoms with Crippen molar-refractivity contribution in [3.05, 3.63) is 65.1 Å². The van der Waals surface area contributed by atoms with Crippen LogP contribution >= 0.6 is 11.6 Å². The van der Waals surface area contributed by atoms with Crippen molar-refractivity contribution in [2.45, 2.75) is 16.7 Å². The molecular formula is C24H23ClFN7O2S. The second-order valence-electron chi connectivity index (χ2n) is 9.36. The van der Waals surface area contributed by atoms with Crippen LogP contribution in [0.1, 0.15) is 12.0 Å². The molecule has 2 aliphatic rings. The Morgan fingerprint density at radius 1 is 1.22 bits per heavy atom. The van der Waals surface area contributed by atoms with E-state index < -0.39 is 10.0 Å². The number of piperidine rings is 1. The van der Waals surface area contributed by atoms with Gasteiger partial charge in [0.15, 0.2) is 5.65 Å². The number of aromatic amines is 1. The fourth-order valence-electron chi connectivity index (χ4n) is 5.83. The smallest absolute Gasteiger partial charge is 0.238 e. The maximum atomic E-state index is 14.6. The summed E-state index contributed by atoms with van der Waals surface area (Å²) in [7, 11) is -3.88. The molecule has 3 heterocycles. The predicted octanol–water partition coefficient (Wildman–Crippen LogP) is 2.81. The third-order valence-corrected chi connectivity index (χ3v) is 8.87. The molecule has 0 bridgehead atoms. The van der Waals surface area contributed by atoms with Crippen LogP contribution in [0.3, 0.4) is 0 Å². The first kappa shape index (κ1) is 23.3. The Bertz CT molecular complexity index is 1610. The van der Waals surface area contributed by atoms with Crippen molar-refractivity contribution in [3.8, 4) is 11.3 Å². The molecule has 5 N–H and O–H groups in total. The van der Waals surface area contributed by atoms with Crippen LogP contribution in [0.25, 0.3) is 22.4 Å². The molecule has 2 aromatic heterocycles. The number of aromatic nitrogens is 4. The minimum absolute atomic E-state index is 0.0862. The molecule has 1 aliphatic carbocycles. The molecule has 1 saturated heterocycles. The van der Waals surface area contributed by atoms with E-state index in [1.54, 1.807) is 18.3 Å². The van der Waals surface area contributed by atoms with Crippen LogP contribution in [0.4, 0.5) is 10.2 Å². The van der Waals surface area contributed by atoms with E-state index in [4.69, 9.17) is 27.5 Å². The summed E-state index contributed by atoms with van der Waals surface area (Å²) in [6.07, 6.45) is 2.57. The van der Waals surface area contributed by atoms with Gasteiger partial charge in [0.25, 0.3) is 0 Å². The third kappa shape index (κ3) is 3.49. The Kier molecular flexibility index (Phi) is 5.31. The molecule has 4 aromatic rings. The van der Waals surface area contributed by atoms with E-state index in [0.717, 1.165) is 13.0 Å². The number of nitrogens with two attached hydrogens (primary N) is 2. The van der Waals surface area contributed by atoms with Crippen LogP contribution in [0.5, 0.6) is 0 Å². The minimum atomic E-state index is -3.88. The molecule has 186 valence electrons. The van der Waals surface area contributed by atoms with Gasteiger partial charge < -0.3 is 10.6 Å². The highest BCUT2D eigenvalue weighted by molar-refractivity contribution is 7.89. The number of anilines is 1. The van der Waals surface area contributed by atoms with Crippen molar-refractivity contribution in [2.75, 3.05) is 24.5 Å². The van der Waals surface area contributed by atoms with Crippen molar-refractivity contribution < 1.29 is 12.8 Å². The van der Waals surface area contributed by atoms with Crippen LogP contribution in [0, 0.1) is 17.7 Å². The topological polar surface area (TPSA) is 144 Å². The van der Waals surface area contributed by atoms with Gasteiger partial charge in [0, 0.05) is 30.6 Å². The van der Waals surface area contributed by atoms with Crippen LogP contribution < -0.4 is 15.8 Å². The fraction of sp³-hybridized carbons (Fsp3) is 0.292. The van der Waals surface area contributed by atoms with Gasteiger partial charge in [-0.25, -0.2) is 27.9 Å². The number of hydrogen-bond acceptors (Lipinski definition) is 7. The minimum Gasteiger partial charge on any atom is -0.355 e. The number of hydrogen-bond donors (Lipinski definition) is 3. The van der Waals surface area contributed by atoms with Gasteiger partial charge in [-0.1, -0.05) is 29.8 Å². The van der Waals surface area contributed by atoms with Crippen molar-refractivity contribution in [3.63, 3.8) is 0 Å². The Morgan fingerprint density at radius 3 is 2.75 bits per heavy atom. The van der Waals surface area contributed by atoms with Gasteiger partial charge in [-0.15, -0.1) is 0 Å². The lowest BCUT2D eigenvalue weighted by Gasteiger charge is -2.26. The molecule has 6 rings (SSSR count). The summed E-state index contributed by atoms with van der Waals surface area (Å²) in [6.45, 7) is 1.87. The van der Waals surface area contributed by atoms with E-state index in [1.807, 2.05) is 12.1 Å². The monoisotopic (exact) mass is 527 g/mol. The average molecular weight is 528 g/mol. The largest absolute Gasteiger partial charge is 0.355 e. The summed E-state index contributed by atoms with van der Waals surface area (Å²) in [5.74, 6) is 1.07. The number of sulfonamides is 1. The van der Waals surface area contributed by atoms with Crippen LogP contribution in [-0.2, 0) is 15.4 Å². The second kappa shape index (κ2) is 8.20. The molecule has 2 fully saturated rings. The summed E-state index contributed by atoms with van der Waals surface area (Å²) >= 11 is 6.34. The van der Waals surface area contributed by atoms with Crippen LogP contribution in [-0.4, -0.2) is 48.2 Å². The van der Waals surface area contributed by atoms with Crippen molar-refractivity contribution in [1.29, 1.82) is 0 Å². The fourth-order valence-corrected chi connectivity index (χ4v) is 6.71. The molecule has 12 heteroatoms. The summed E-state index contributed by atoms with van der Waals surface area (Å²) in [5.41, 5.74) is 8.52. The Morgan fingerprint density at radius 2 is 2.03 bits per heavy atom. The first-order valence-electron chi connectivity index (χ1n) is 11.5. The van der Waals surface area contributed by atoms with Crippen LogP contribution in [0.2, 0.25) is 5.02 Å². The Balaban J connectivity index is 1.28. The maximum Gasteiger partial charge on any atom is 0.238 e. The number of primary sulfonamides is 1. The molecule has 9 nitrogen and oxygen atoms in total. The lowest BCUT2D eigenvalue weighted by molar-refractivity contribution is 0.533. The van der Waals surface area contributed by atoms with E-state index in [2.05, 4.69) is 20.1 Å². The zero-order valence-electron chi connectivity index (χ0n) is 19.0. The molecule has 0 amide bonds. The summed E-state index contributed by atoms with van der Waals surface area (Å²) in [6, 6.07) is 11.1. The molecule has 36 heavy (non-hydrogen) atoms. The predicted molar refractivity (Wildman–Crippen MR) is 134 cm³/mol. The van der Waals surface area contributed by atoms with E-state index in [9.17, 15) is 12.8 Å². The molecular weight excluding hydrogens is 505 g/mol. The summed E-state index contributed by atoms with van der Waals surface area (Å²) < 4.78 is 37.9. The lowest BCUT2D eigenvalue weighted by Crippen LogP contribution is -2.32. The Hall–Kier alpha value is -3.12. The SMILES string of the molecule is NC[C@]1(c2ccccc2F)[C@@H]2CCN(c3cnc4c(-c5ccc(S(N)(=O)=O)cc5Cl)n[nH]c4n3)C[C@@H]21. The zero-order valence-corrected chi connectivity index (χ0v) is 20.6. The highest BCUT2D eigenvalue weighted by Gasteiger charge is 2.66. The van der Waals surface area contributed by atoms with Gasteiger partial charge in [-0.05, 0) is 48.1 Å². The molecule has 1 saturated carbocycles. The molecule has 1 aliphatic heterocycles. The van der Waals surface area contributed by atoms with Gasteiger partial charge in [0.1, 0.15) is 22.8 Å². The number of rotatable bonds is 5. The second-order valence-corrected chi connectivity index (χ2v) is 11.3. The first-order chi connectivity index (χ1) is 17.2. The van der Waals surface area contributed by atoms with Crippen molar-refractivity contribution >= 4 is 38.6 Å². The number of H-pyrrole nitrogens is 1. The molecule has 3 atom stereocenters. The van der Waals surface area contributed by atoms with Gasteiger partial charge in [0.2, 0.25) is 10.0 Å². The quantitative estimate of drug-likeness (QED) is 0.362. The van der Waals surface area contributed by atoms with Gasteiger partial charge in [0.05, 0.1) is 16.1 Å². The molecule has 0 radical (unpaired) electrons. The van der Waals surface area contributed by atoms with Gasteiger partial charge in [-0.3, -0.25) is 5.10 Å². The van der Waals surface area contributed by atoms with E-state index in [1.165, 1.54) is 18.2 Å². The number of halogens is 2. The zero-order chi connectivity index (χ0) is 25.2. The lowest BCUT2D eigenvalue weighted by atomic mass is 9.91. The summed E-state index contributed by atoms with van der Waals surface area (Å²) in [4.78, 5) is 11.4. The van der Waals surface area contributed by atoms with Crippen LogP contribution in [0.15, 0.2) is 53.6 Å². The van der Waals surface area contributed by atoms with E-state index >= 15 is 0 Å². The highest BCUT2D eigenvalue weighted by Crippen LogP contribution is 2.63. The first-order valence-corrected chi connectivity index (χ1v) is 13.4. The van der Waals surface area contributed by atoms with Gasteiger partial charge in [-0.2, -0.15) is 5.10 Å². The van der Waals surface area contributed by atoms with E-state index in [0.29, 0.717) is 52.8 Å².